The summed E-state index contributed by atoms with van der Waals surface area (Å²) in [5.74, 6) is 0.00631. The fourth-order valence-electron chi connectivity index (χ4n) is 1.52. The highest BCUT2D eigenvalue weighted by Gasteiger charge is 2.03. The second-order valence-corrected chi connectivity index (χ2v) is 4.39. The van der Waals surface area contributed by atoms with Crippen LogP contribution < -0.4 is 10.6 Å². The first kappa shape index (κ1) is 13.4. The lowest BCUT2D eigenvalue weighted by molar-refractivity contribution is 0.401. The second kappa shape index (κ2) is 6.20. The highest BCUT2D eigenvalue weighted by molar-refractivity contribution is 5.93. The number of hydrogen-bond donors (Lipinski definition) is 2. The molecule has 5 heteroatoms. The Morgan fingerprint density at radius 1 is 1.29 bits per heavy atom. The van der Waals surface area contributed by atoms with Gasteiger partial charge in [0.15, 0.2) is 0 Å². The van der Waals surface area contributed by atoms with Crippen LogP contribution in [0.4, 0.5) is 5.69 Å². The van der Waals surface area contributed by atoms with E-state index in [1.165, 1.54) is 0 Å². The molecule has 1 heterocycles. The summed E-state index contributed by atoms with van der Waals surface area (Å²) in [7, 11) is 6.19. The first-order valence-electron chi connectivity index (χ1n) is 5.67. The number of nitrogens with two attached hydrogens (primary N) is 1. The van der Waals surface area contributed by atoms with Crippen LogP contribution in [0.3, 0.4) is 0 Å². The van der Waals surface area contributed by atoms with Gasteiger partial charge in [-0.15, -0.1) is 0 Å². The third-order valence-corrected chi connectivity index (χ3v) is 2.56. The number of hydrogen-bond acceptors (Lipinski definition) is 4. The highest BCUT2D eigenvalue weighted by atomic mass is 15.1. The molecule has 0 spiro atoms. The molecule has 0 aromatic carbocycles. The van der Waals surface area contributed by atoms with Crippen molar-refractivity contribution < 1.29 is 0 Å². The van der Waals surface area contributed by atoms with E-state index in [0.717, 1.165) is 25.2 Å². The predicted molar refractivity (Wildman–Crippen MR) is 71.7 cm³/mol. The van der Waals surface area contributed by atoms with Gasteiger partial charge in [0.1, 0.15) is 11.5 Å². The zero-order valence-corrected chi connectivity index (χ0v) is 10.8. The molecule has 17 heavy (non-hydrogen) atoms. The van der Waals surface area contributed by atoms with Crippen molar-refractivity contribution in [1.29, 1.82) is 5.41 Å². The number of pyridine rings is 1. The highest BCUT2D eigenvalue weighted by Crippen LogP contribution is 2.11. The minimum atomic E-state index is 0.00631. The van der Waals surface area contributed by atoms with E-state index < -0.39 is 0 Å². The Kier molecular flexibility index (Phi) is 4.90. The minimum absolute atomic E-state index is 0.00631. The molecule has 0 unspecified atom stereocenters. The van der Waals surface area contributed by atoms with Crippen molar-refractivity contribution in [2.45, 2.75) is 6.42 Å². The Balaban J connectivity index is 2.51. The molecule has 0 radical (unpaired) electrons. The van der Waals surface area contributed by atoms with Crippen molar-refractivity contribution in [2.75, 3.05) is 39.1 Å². The normalized spacial score (nSPS) is 10.6. The standard InChI is InChI=1S/C12H21N5/c1-16(2)7-4-8-17(3)10-5-6-11(12(13)14)15-9-10/h5-6,9H,4,7-8H2,1-3H3,(H3,13,14). The van der Waals surface area contributed by atoms with E-state index in [1.807, 2.05) is 13.1 Å². The summed E-state index contributed by atoms with van der Waals surface area (Å²) in [6.07, 6.45) is 2.87. The Labute approximate surface area is 103 Å². The van der Waals surface area contributed by atoms with Crippen LogP contribution in [0.2, 0.25) is 0 Å². The van der Waals surface area contributed by atoms with Crippen LogP contribution in [0.15, 0.2) is 18.3 Å². The topological polar surface area (TPSA) is 69.2 Å². The number of anilines is 1. The van der Waals surface area contributed by atoms with Gasteiger partial charge in [0.2, 0.25) is 0 Å². The summed E-state index contributed by atoms with van der Waals surface area (Å²) >= 11 is 0. The monoisotopic (exact) mass is 235 g/mol. The summed E-state index contributed by atoms with van der Waals surface area (Å²) in [5.41, 5.74) is 6.93. The van der Waals surface area contributed by atoms with Gasteiger partial charge in [-0.2, -0.15) is 0 Å². The van der Waals surface area contributed by atoms with E-state index in [2.05, 4.69) is 28.9 Å². The molecule has 1 aromatic rings. The summed E-state index contributed by atoms with van der Waals surface area (Å²) in [4.78, 5) is 8.47. The molecule has 0 aliphatic rings. The van der Waals surface area contributed by atoms with Crippen LogP contribution in [0.25, 0.3) is 0 Å². The van der Waals surface area contributed by atoms with Gasteiger partial charge < -0.3 is 15.5 Å². The fraction of sp³-hybridized carbons (Fsp3) is 0.500. The summed E-state index contributed by atoms with van der Waals surface area (Å²) in [6, 6.07) is 3.72. The van der Waals surface area contributed by atoms with E-state index in [4.69, 9.17) is 11.1 Å². The van der Waals surface area contributed by atoms with Crippen LogP contribution in [0.5, 0.6) is 0 Å². The molecule has 0 amide bonds. The van der Waals surface area contributed by atoms with Gasteiger partial charge in [-0.1, -0.05) is 0 Å². The minimum Gasteiger partial charge on any atom is -0.382 e. The van der Waals surface area contributed by atoms with E-state index in [1.54, 1.807) is 12.3 Å². The van der Waals surface area contributed by atoms with Crippen molar-refractivity contribution in [3.05, 3.63) is 24.0 Å². The Morgan fingerprint density at radius 3 is 2.47 bits per heavy atom. The maximum absolute atomic E-state index is 7.27. The van der Waals surface area contributed by atoms with E-state index in [-0.39, 0.29) is 5.84 Å². The van der Waals surface area contributed by atoms with Crippen LogP contribution in [0.1, 0.15) is 12.1 Å². The van der Waals surface area contributed by atoms with Crippen LogP contribution in [0, 0.1) is 5.41 Å². The Morgan fingerprint density at radius 2 is 2.00 bits per heavy atom. The molecule has 0 atom stereocenters. The Hall–Kier alpha value is -1.62. The third kappa shape index (κ3) is 4.40. The quantitative estimate of drug-likeness (QED) is 0.564. The van der Waals surface area contributed by atoms with Crippen LogP contribution in [-0.2, 0) is 0 Å². The van der Waals surface area contributed by atoms with Gasteiger partial charge >= 0.3 is 0 Å². The van der Waals surface area contributed by atoms with E-state index >= 15 is 0 Å². The maximum atomic E-state index is 7.27. The molecule has 1 rings (SSSR count). The molecule has 0 aliphatic carbocycles. The van der Waals surface area contributed by atoms with Gasteiger partial charge in [-0.05, 0) is 39.2 Å². The van der Waals surface area contributed by atoms with Crippen molar-refractivity contribution in [2.24, 2.45) is 5.73 Å². The molecule has 0 fully saturated rings. The van der Waals surface area contributed by atoms with Crippen molar-refractivity contribution in [3.8, 4) is 0 Å². The second-order valence-electron chi connectivity index (χ2n) is 4.39. The molecule has 94 valence electrons. The molecule has 0 bridgehead atoms. The molecular weight excluding hydrogens is 214 g/mol. The summed E-state index contributed by atoms with van der Waals surface area (Å²) in [5, 5.41) is 7.27. The van der Waals surface area contributed by atoms with Gasteiger partial charge in [-0.3, -0.25) is 10.4 Å². The van der Waals surface area contributed by atoms with Crippen molar-refractivity contribution >= 4 is 11.5 Å². The summed E-state index contributed by atoms with van der Waals surface area (Å²) < 4.78 is 0. The molecule has 0 aliphatic heterocycles. The molecule has 1 aromatic heterocycles. The lowest BCUT2D eigenvalue weighted by atomic mass is 10.3. The number of aromatic nitrogens is 1. The van der Waals surface area contributed by atoms with Crippen LogP contribution in [-0.4, -0.2) is 50.0 Å². The van der Waals surface area contributed by atoms with Crippen LogP contribution >= 0.6 is 0 Å². The fourth-order valence-corrected chi connectivity index (χ4v) is 1.52. The van der Waals surface area contributed by atoms with E-state index in [0.29, 0.717) is 5.69 Å². The third-order valence-electron chi connectivity index (χ3n) is 2.56. The molecular formula is C12H21N5. The molecule has 0 saturated carbocycles. The smallest absolute Gasteiger partial charge is 0.141 e. The van der Waals surface area contributed by atoms with Gasteiger partial charge in [-0.25, -0.2) is 0 Å². The van der Waals surface area contributed by atoms with Crippen molar-refractivity contribution in [3.63, 3.8) is 0 Å². The molecule has 0 saturated heterocycles. The predicted octanol–water partition coefficient (Wildman–Crippen LogP) is 0.754. The Bertz CT molecular complexity index is 358. The average molecular weight is 235 g/mol. The molecule has 3 N–H and O–H groups in total. The maximum Gasteiger partial charge on any atom is 0.141 e. The number of nitrogens with zero attached hydrogens (tertiary/aromatic N) is 3. The van der Waals surface area contributed by atoms with Crippen molar-refractivity contribution in [1.82, 2.24) is 9.88 Å². The SMILES string of the molecule is CN(C)CCCN(C)c1ccc(C(=N)N)nc1. The number of nitrogens with one attached hydrogen (secondary N) is 1. The van der Waals surface area contributed by atoms with Gasteiger partial charge in [0, 0.05) is 13.6 Å². The zero-order valence-electron chi connectivity index (χ0n) is 10.8. The average Bonchev–Trinajstić information content (AvgIpc) is 2.28. The van der Waals surface area contributed by atoms with Gasteiger partial charge in [0.25, 0.3) is 0 Å². The lowest BCUT2D eigenvalue weighted by Crippen LogP contribution is -2.23. The zero-order chi connectivity index (χ0) is 12.8. The number of rotatable bonds is 6. The van der Waals surface area contributed by atoms with E-state index in [9.17, 15) is 0 Å². The molecule has 5 nitrogen and oxygen atoms in total. The number of amidine groups is 1. The largest absolute Gasteiger partial charge is 0.382 e. The lowest BCUT2D eigenvalue weighted by Gasteiger charge is -2.20. The van der Waals surface area contributed by atoms with Gasteiger partial charge in [0.05, 0.1) is 11.9 Å². The number of nitrogen functional groups attached to an aromatic ring is 1. The first-order chi connectivity index (χ1) is 8.00. The summed E-state index contributed by atoms with van der Waals surface area (Å²) in [6.45, 7) is 2.06. The first-order valence-corrected chi connectivity index (χ1v) is 5.67.